The zero-order valence-corrected chi connectivity index (χ0v) is 19.2. The third-order valence-electron chi connectivity index (χ3n) is 5.05. The molecule has 8 nitrogen and oxygen atoms in total. The quantitative estimate of drug-likeness (QED) is 0.548. The number of alkyl halides is 3. The van der Waals surface area contributed by atoms with Crippen LogP contribution in [0.4, 0.5) is 13.2 Å². The van der Waals surface area contributed by atoms with Crippen molar-refractivity contribution in [1.29, 1.82) is 0 Å². The van der Waals surface area contributed by atoms with Crippen molar-refractivity contribution in [2.75, 3.05) is 19.1 Å². The first-order chi connectivity index (χ1) is 15.8. The average Bonchev–Trinajstić information content (AvgIpc) is 3.51. The maximum absolute atomic E-state index is 13.3. The highest BCUT2D eigenvalue weighted by molar-refractivity contribution is 7.91. The Morgan fingerprint density at radius 3 is 2.21 bits per heavy atom. The summed E-state index contributed by atoms with van der Waals surface area (Å²) in [5, 5.41) is 5.15. The van der Waals surface area contributed by atoms with Crippen LogP contribution >= 0.6 is 0 Å². The Bertz CT molecular complexity index is 1180. The van der Waals surface area contributed by atoms with Gasteiger partial charge in [0.2, 0.25) is 11.8 Å². The number of methoxy groups -OCH3 is 1. The third kappa shape index (κ3) is 6.62. The standard InChI is InChI=1S/C22H23F3N2O6S/c1-32-16-7-8-18(17(11-16)22(23,24)25)33-15-5-3-14(4-6-15)12-26-20(29)21(9-10-21)27-19(28)13-34(2,30)31/h3-8,11H,9-10,12-13H2,1-2H3,(H,26,29)(H,27,28). The molecule has 0 bridgehead atoms. The third-order valence-corrected chi connectivity index (χ3v) is 5.84. The number of sulfone groups is 1. The first kappa shape index (κ1) is 25.3. The van der Waals surface area contributed by atoms with Crippen LogP contribution in [0.5, 0.6) is 17.2 Å². The molecule has 34 heavy (non-hydrogen) atoms. The number of carbonyl (C=O) groups is 2. The molecular weight excluding hydrogens is 477 g/mol. The molecule has 1 aliphatic rings. The van der Waals surface area contributed by atoms with Crippen molar-refractivity contribution in [3.05, 3.63) is 53.6 Å². The average molecular weight is 500 g/mol. The summed E-state index contributed by atoms with van der Waals surface area (Å²) in [5.41, 5.74) is -1.45. The number of amides is 2. The molecule has 0 aliphatic heterocycles. The van der Waals surface area contributed by atoms with E-state index >= 15 is 0 Å². The number of hydrogen-bond donors (Lipinski definition) is 2. The summed E-state index contributed by atoms with van der Waals surface area (Å²) in [5.74, 6) is -2.05. The summed E-state index contributed by atoms with van der Waals surface area (Å²) < 4.78 is 72.7. The second-order valence-corrected chi connectivity index (χ2v) is 10.1. The minimum absolute atomic E-state index is 0.0479. The summed E-state index contributed by atoms with van der Waals surface area (Å²) in [6, 6.07) is 9.46. The Kier molecular flexibility index (Phi) is 7.10. The van der Waals surface area contributed by atoms with Crippen LogP contribution in [0.3, 0.4) is 0 Å². The van der Waals surface area contributed by atoms with E-state index < -0.39 is 44.7 Å². The van der Waals surface area contributed by atoms with Crippen molar-refractivity contribution in [2.24, 2.45) is 0 Å². The number of nitrogens with one attached hydrogen (secondary N) is 2. The Morgan fingerprint density at radius 1 is 1.06 bits per heavy atom. The van der Waals surface area contributed by atoms with Gasteiger partial charge in [-0.15, -0.1) is 0 Å². The molecule has 0 unspecified atom stereocenters. The molecule has 1 aliphatic carbocycles. The Hall–Kier alpha value is -3.28. The van der Waals surface area contributed by atoms with E-state index in [0.717, 1.165) is 12.3 Å². The summed E-state index contributed by atoms with van der Waals surface area (Å²) in [7, 11) is -2.25. The van der Waals surface area contributed by atoms with Crippen LogP contribution in [-0.2, 0) is 32.1 Å². The molecule has 0 aromatic heterocycles. The van der Waals surface area contributed by atoms with Crippen LogP contribution < -0.4 is 20.1 Å². The van der Waals surface area contributed by atoms with Crippen LogP contribution in [0.15, 0.2) is 42.5 Å². The van der Waals surface area contributed by atoms with E-state index in [1.165, 1.54) is 31.4 Å². The van der Waals surface area contributed by atoms with E-state index in [2.05, 4.69) is 10.6 Å². The number of halogens is 3. The summed E-state index contributed by atoms with van der Waals surface area (Å²) in [4.78, 5) is 24.3. The Balaban J connectivity index is 1.60. The molecule has 2 amide bonds. The van der Waals surface area contributed by atoms with Crippen molar-refractivity contribution < 1.29 is 40.7 Å². The molecule has 3 rings (SSSR count). The Labute approximate surface area is 194 Å². The van der Waals surface area contributed by atoms with Crippen LogP contribution in [0.25, 0.3) is 0 Å². The zero-order chi connectivity index (χ0) is 25.1. The molecule has 1 fully saturated rings. The molecule has 184 valence electrons. The largest absolute Gasteiger partial charge is 0.497 e. The van der Waals surface area contributed by atoms with Crippen molar-refractivity contribution in [2.45, 2.75) is 31.1 Å². The van der Waals surface area contributed by atoms with Gasteiger partial charge in [-0.1, -0.05) is 12.1 Å². The highest BCUT2D eigenvalue weighted by atomic mass is 32.2. The van der Waals surface area contributed by atoms with Gasteiger partial charge in [0.15, 0.2) is 9.84 Å². The van der Waals surface area contributed by atoms with Crippen molar-refractivity contribution >= 4 is 21.7 Å². The van der Waals surface area contributed by atoms with Gasteiger partial charge in [0.05, 0.1) is 7.11 Å². The zero-order valence-electron chi connectivity index (χ0n) is 18.4. The minimum Gasteiger partial charge on any atom is -0.497 e. The van der Waals surface area contributed by atoms with Gasteiger partial charge < -0.3 is 20.1 Å². The molecule has 2 aromatic carbocycles. The van der Waals surface area contributed by atoms with Gasteiger partial charge in [-0.25, -0.2) is 8.42 Å². The molecule has 0 heterocycles. The molecule has 2 aromatic rings. The molecule has 2 N–H and O–H groups in total. The van der Waals surface area contributed by atoms with Gasteiger partial charge >= 0.3 is 6.18 Å². The molecule has 0 saturated heterocycles. The SMILES string of the molecule is COc1ccc(Oc2ccc(CNC(=O)C3(NC(=O)CS(C)(=O)=O)CC3)cc2)c(C(F)(F)F)c1. The van der Waals surface area contributed by atoms with E-state index in [-0.39, 0.29) is 23.8 Å². The maximum Gasteiger partial charge on any atom is 0.420 e. The molecule has 12 heteroatoms. The van der Waals surface area contributed by atoms with Crippen LogP contribution in [0.1, 0.15) is 24.0 Å². The lowest BCUT2D eigenvalue weighted by Crippen LogP contribution is -2.50. The topological polar surface area (TPSA) is 111 Å². The van der Waals surface area contributed by atoms with Crippen molar-refractivity contribution in [3.8, 4) is 17.2 Å². The van der Waals surface area contributed by atoms with Gasteiger partial charge in [0, 0.05) is 12.8 Å². The van der Waals surface area contributed by atoms with Gasteiger partial charge in [-0.05, 0) is 48.7 Å². The highest BCUT2D eigenvalue weighted by Gasteiger charge is 2.51. The highest BCUT2D eigenvalue weighted by Crippen LogP contribution is 2.40. The molecule has 0 radical (unpaired) electrons. The fourth-order valence-corrected chi connectivity index (χ4v) is 3.72. The summed E-state index contributed by atoms with van der Waals surface area (Å²) in [6.45, 7) is 0.0964. The monoisotopic (exact) mass is 500 g/mol. The lowest BCUT2D eigenvalue weighted by molar-refractivity contribution is -0.138. The van der Waals surface area contributed by atoms with Gasteiger partial charge in [-0.2, -0.15) is 13.2 Å². The molecule has 1 saturated carbocycles. The van der Waals surface area contributed by atoms with Gasteiger partial charge in [0.25, 0.3) is 0 Å². The van der Waals surface area contributed by atoms with Crippen LogP contribution in [0, 0.1) is 0 Å². The number of ether oxygens (including phenoxy) is 2. The number of carbonyl (C=O) groups excluding carboxylic acids is 2. The van der Waals surface area contributed by atoms with E-state index in [1.54, 1.807) is 12.1 Å². The number of hydrogen-bond acceptors (Lipinski definition) is 6. The van der Waals surface area contributed by atoms with E-state index in [0.29, 0.717) is 18.4 Å². The van der Waals surface area contributed by atoms with Crippen molar-refractivity contribution in [3.63, 3.8) is 0 Å². The lowest BCUT2D eigenvalue weighted by atomic mass is 10.1. The molecular formula is C22H23F3N2O6S. The fourth-order valence-electron chi connectivity index (χ4n) is 3.18. The summed E-state index contributed by atoms with van der Waals surface area (Å²) in [6.07, 6.45) is -2.92. The van der Waals surface area contributed by atoms with Crippen LogP contribution in [0.2, 0.25) is 0 Å². The number of benzene rings is 2. The predicted octanol–water partition coefficient (Wildman–Crippen LogP) is 2.82. The first-order valence-electron chi connectivity index (χ1n) is 10.1. The lowest BCUT2D eigenvalue weighted by Gasteiger charge is -2.17. The maximum atomic E-state index is 13.3. The smallest absolute Gasteiger partial charge is 0.420 e. The minimum atomic E-state index is -4.64. The van der Waals surface area contributed by atoms with Gasteiger partial charge in [0.1, 0.15) is 34.1 Å². The predicted molar refractivity (Wildman–Crippen MR) is 116 cm³/mol. The van der Waals surface area contributed by atoms with Crippen molar-refractivity contribution in [1.82, 2.24) is 10.6 Å². The van der Waals surface area contributed by atoms with Gasteiger partial charge in [-0.3, -0.25) is 9.59 Å². The fraction of sp³-hybridized carbons (Fsp3) is 0.364. The first-order valence-corrected chi connectivity index (χ1v) is 12.2. The molecule has 0 atom stereocenters. The second kappa shape index (κ2) is 9.53. The number of rotatable bonds is 9. The normalized spacial score (nSPS) is 14.7. The Morgan fingerprint density at radius 2 is 1.68 bits per heavy atom. The summed E-state index contributed by atoms with van der Waals surface area (Å²) >= 11 is 0. The van der Waals surface area contributed by atoms with Crippen LogP contribution in [-0.4, -0.2) is 44.9 Å². The second-order valence-electron chi connectivity index (χ2n) is 7.99. The van der Waals surface area contributed by atoms with E-state index in [4.69, 9.17) is 9.47 Å². The van der Waals surface area contributed by atoms with E-state index in [1.807, 2.05) is 0 Å². The molecule has 0 spiro atoms. The van der Waals surface area contributed by atoms with E-state index in [9.17, 15) is 31.2 Å².